The number of hydrogen-bond acceptors (Lipinski definition) is 11. The van der Waals surface area contributed by atoms with Crippen molar-refractivity contribution in [3.8, 4) is 5.75 Å². The molecule has 12 nitrogen and oxygen atoms in total. The molecule has 4 heterocycles. The van der Waals surface area contributed by atoms with Gasteiger partial charge in [0.2, 0.25) is 5.91 Å². The van der Waals surface area contributed by atoms with E-state index in [1.807, 2.05) is 4.90 Å². The van der Waals surface area contributed by atoms with Crippen LogP contribution in [0.4, 0.5) is 24.1 Å². The molecule has 0 radical (unpaired) electrons. The highest BCUT2D eigenvalue weighted by atomic mass is 32.2. The van der Waals surface area contributed by atoms with Gasteiger partial charge in [-0.25, -0.2) is 23.2 Å². The minimum absolute atomic E-state index is 0.0173. The topological polar surface area (TPSA) is 157 Å². The summed E-state index contributed by atoms with van der Waals surface area (Å²) in [6.45, 7) is 3.01. The van der Waals surface area contributed by atoms with Crippen LogP contribution in [-0.4, -0.2) is 79.8 Å². The summed E-state index contributed by atoms with van der Waals surface area (Å²) in [5.74, 6) is -2.20. The number of pyridine rings is 1. The van der Waals surface area contributed by atoms with E-state index in [4.69, 9.17) is 10.5 Å². The number of esters is 1. The molecule has 3 aromatic rings. The molecule has 0 spiro atoms. The lowest BCUT2D eigenvalue weighted by atomic mass is 10.00. The number of nitrogens with one attached hydrogen (secondary N) is 1. The van der Waals surface area contributed by atoms with E-state index in [0.717, 1.165) is 48.2 Å². The summed E-state index contributed by atoms with van der Waals surface area (Å²) in [5, 5.41) is 1.22. The number of nitrogen functional groups attached to an aromatic ring is 1. The number of anilines is 2. The van der Waals surface area contributed by atoms with Crippen molar-refractivity contribution in [3.63, 3.8) is 0 Å². The third kappa shape index (κ3) is 6.78. The minimum atomic E-state index is -5.06. The molecule has 1 aromatic carbocycles. The van der Waals surface area contributed by atoms with E-state index in [1.54, 1.807) is 6.92 Å². The molecule has 2 atom stereocenters. The number of hydrogen-bond donors (Lipinski definition) is 2. The predicted octanol–water partition coefficient (Wildman–Crippen LogP) is 2.83. The Balaban J connectivity index is 1.40. The molecule has 2 fully saturated rings. The van der Waals surface area contributed by atoms with Gasteiger partial charge in [0.15, 0.2) is 9.34 Å². The molecule has 5 rings (SSSR count). The Bertz CT molecular complexity index is 1630. The fraction of sp³-hybridized carbons (Fsp3) is 0.462. The highest BCUT2D eigenvalue weighted by molar-refractivity contribution is 7.91. The highest BCUT2D eigenvalue weighted by Gasteiger charge is 2.42. The zero-order chi connectivity index (χ0) is 30.9. The fourth-order valence-corrected chi connectivity index (χ4v) is 7.62. The van der Waals surface area contributed by atoms with Gasteiger partial charge in [0.1, 0.15) is 23.7 Å². The van der Waals surface area contributed by atoms with Crippen molar-refractivity contribution in [1.82, 2.24) is 19.6 Å². The summed E-state index contributed by atoms with van der Waals surface area (Å²) < 4.78 is 78.1. The monoisotopic (exact) mass is 642 g/mol. The van der Waals surface area contributed by atoms with Crippen LogP contribution < -0.4 is 20.1 Å². The molecular weight excluding hydrogens is 613 g/mol. The molecule has 3 N–H and O–H groups in total. The van der Waals surface area contributed by atoms with E-state index in [-0.39, 0.29) is 40.5 Å². The highest BCUT2D eigenvalue weighted by Crippen LogP contribution is 2.35. The molecular formula is C26H29F3N6O6S2. The summed E-state index contributed by atoms with van der Waals surface area (Å²) in [5.41, 5.74) is 5.81. The molecule has 0 saturated carbocycles. The van der Waals surface area contributed by atoms with Crippen LogP contribution in [0.5, 0.6) is 5.75 Å². The number of rotatable bonds is 10. The SMILES string of the molecule is CCOC(=O)C(Cc1cc2ccnc(N)c2cc1OC(F)(F)F)N1CCC(NS(=O)(=O)c2cnc(N3CCCC3)s2)C1=O. The normalized spacial score (nSPS) is 18.4. The molecule has 2 aliphatic rings. The van der Waals surface area contributed by atoms with Crippen LogP contribution in [0.3, 0.4) is 0 Å². The lowest BCUT2D eigenvalue weighted by molar-refractivity contribution is -0.274. The van der Waals surface area contributed by atoms with Gasteiger partial charge in [0, 0.05) is 37.6 Å². The number of benzene rings is 1. The number of nitrogens with zero attached hydrogens (tertiary/aromatic N) is 4. The number of thiazole rings is 1. The number of halogens is 3. The van der Waals surface area contributed by atoms with Crippen LogP contribution in [0.15, 0.2) is 34.8 Å². The lowest BCUT2D eigenvalue weighted by Gasteiger charge is -2.27. The summed E-state index contributed by atoms with van der Waals surface area (Å²) >= 11 is 0.996. The van der Waals surface area contributed by atoms with Crippen LogP contribution in [0.25, 0.3) is 10.8 Å². The van der Waals surface area contributed by atoms with Gasteiger partial charge in [-0.05, 0) is 55.3 Å². The first-order valence-corrected chi connectivity index (χ1v) is 15.8. The molecule has 0 bridgehead atoms. The third-order valence-corrected chi connectivity index (χ3v) is 10.2. The number of likely N-dealkylation sites (tertiary alicyclic amines) is 1. The standard InChI is InChI=1S/C26H29F3N6O6S2/c1-2-40-24(37)19(12-16-11-15-5-7-31-22(30)17(15)13-20(16)41-26(27,28)29)35-10-6-18(23(35)36)33-43(38,39)21-14-32-25(42-21)34-8-3-4-9-34/h5,7,11,13-14,18-19,33H,2-4,6,8-10,12H2,1H3,(H2,30,31). The first kappa shape index (κ1) is 30.7. The van der Waals surface area contributed by atoms with Crippen molar-refractivity contribution >= 4 is 55.0 Å². The van der Waals surface area contributed by atoms with Crippen molar-refractivity contribution in [2.75, 3.05) is 36.9 Å². The summed E-state index contributed by atoms with van der Waals surface area (Å²) in [6.07, 6.45) is -0.837. The van der Waals surface area contributed by atoms with Gasteiger partial charge in [-0.1, -0.05) is 11.3 Å². The summed E-state index contributed by atoms with van der Waals surface area (Å²) in [6, 6.07) is 1.43. The zero-order valence-electron chi connectivity index (χ0n) is 23.0. The Hall–Kier alpha value is -3.70. The number of sulfonamides is 1. The van der Waals surface area contributed by atoms with E-state index in [0.29, 0.717) is 10.5 Å². The Kier molecular flexibility index (Phi) is 8.67. The summed E-state index contributed by atoms with van der Waals surface area (Å²) in [7, 11) is -4.13. The molecule has 0 aliphatic carbocycles. The van der Waals surface area contributed by atoms with E-state index in [1.165, 1.54) is 24.5 Å². The van der Waals surface area contributed by atoms with Gasteiger partial charge in [0.05, 0.1) is 12.8 Å². The number of alkyl halides is 3. The van der Waals surface area contributed by atoms with E-state index < -0.39 is 52.5 Å². The fourth-order valence-electron chi connectivity index (χ4n) is 5.21. The Morgan fingerprint density at radius 3 is 2.67 bits per heavy atom. The van der Waals surface area contributed by atoms with Gasteiger partial charge in [0.25, 0.3) is 10.0 Å². The van der Waals surface area contributed by atoms with Crippen molar-refractivity contribution in [2.24, 2.45) is 0 Å². The van der Waals surface area contributed by atoms with Crippen LogP contribution in [0.1, 0.15) is 31.7 Å². The van der Waals surface area contributed by atoms with Crippen LogP contribution in [-0.2, 0) is 30.8 Å². The van der Waals surface area contributed by atoms with Crippen molar-refractivity contribution in [1.29, 1.82) is 0 Å². The van der Waals surface area contributed by atoms with Gasteiger partial charge < -0.3 is 25.0 Å². The maximum atomic E-state index is 13.5. The lowest BCUT2D eigenvalue weighted by Crippen LogP contribution is -2.48. The second kappa shape index (κ2) is 12.1. The van der Waals surface area contributed by atoms with Crippen LogP contribution in [0.2, 0.25) is 0 Å². The average Bonchev–Trinajstić information content (AvgIpc) is 3.70. The first-order valence-electron chi connectivity index (χ1n) is 13.5. The van der Waals surface area contributed by atoms with Crippen LogP contribution in [0, 0.1) is 0 Å². The second-order valence-electron chi connectivity index (χ2n) is 10.0. The molecule has 2 aliphatic heterocycles. The van der Waals surface area contributed by atoms with E-state index in [9.17, 15) is 31.2 Å². The molecule has 43 heavy (non-hydrogen) atoms. The maximum Gasteiger partial charge on any atom is 0.573 e. The second-order valence-corrected chi connectivity index (χ2v) is 13.0. The van der Waals surface area contributed by atoms with Crippen LogP contribution >= 0.6 is 11.3 Å². The molecule has 2 unspecified atom stereocenters. The minimum Gasteiger partial charge on any atom is -0.464 e. The quantitative estimate of drug-likeness (QED) is 0.315. The Labute approximate surface area is 249 Å². The largest absolute Gasteiger partial charge is 0.573 e. The summed E-state index contributed by atoms with van der Waals surface area (Å²) in [4.78, 5) is 37.8. The van der Waals surface area contributed by atoms with Gasteiger partial charge in [-0.15, -0.1) is 13.2 Å². The van der Waals surface area contributed by atoms with Crippen molar-refractivity contribution in [3.05, 3.63) is 36.2 Å². The average molecular weight is 643 g/mol. The van der Waals surface area contributed by atoms with Crippen molar-refractivity contribution in [2.45, 2.75) is 55.3 Å². The van der Waals surface area contributed by atoms with Crippen molar-refractivity contribution < 1.29 is 40.7 Å². The zero-order valence-corrected chi connectivity index (χ0v) is 24.6. The number of aromatic nitrogens is 2. The third-order valence-electron chi connectivity index (χ3n) is 7.20. The number of amides is 1. The molecule has 2 aromatic heterocycles. The number of fused-ring (bicyclic) bond motifs is 1. The number of carbonyl (C=O) groups is 2. The number of nitrogens with two attached hydrogens (primary N) is 1. The maximum absolute atomic E-state index is 13.5. The predicted molar refractivity (Wildman–Crippen MR) is 151 cm³/mol. The number of ether oxygens (including phenoxy) is 2. The smallest absolute Gasteiger partial charge is 0.464 e. The number of carbonyl (C=O) groups excluding carboxylic acids is 2. The Morgan fingerprint density at radius 2 is 1.98 bits per heavy atom. The van der Waals surface area contributed by atoms with Gasteiger partial charge >= 0.3 is 12.3 Å². The van der Waals surface area contributed by atoms with E-state index >= 15 is 0 Å². The van der Waals surface area contributed by atoms with Gasteiger partial charge in [-0.3, -0.25) is 4.79 Å². The first-order chi connectivity index (χ1) is 20.4. The van der Waals surface area contributed by atoms with E-state index in [2.05, 4.69) is 19.4 Å². The molecule has 2 saturated heterocycles. The molecule has 232 valence electrons. The molecule has 1 amide bonds. The molecule has 17 heteroatoms. The Morgan fingerprint density at radius 1 is 1.23 bits per heavy atom. The van der Waals surface area contributed by atoms with Gasteiger partial charge in [-0.2, -0.15) is 4.72 Å².